The Morgan fingerprint density at radius 3 is 2.50 bits per heavy atom. The number of rotatable bonds is 4. The van der Waals surface area contributed by atoms with Gasteiger partial charge >= 0.3 is 0 Å². The summed E-state index contributed by atoms with van der Waals surface area (Å²) in [6, 6.07) is 8.28. The van der Waals surface area contributed by atoms with Crippen LogP contribution in [0.25, 0.3) is 11.3 Å². The minimum absolute atomic E-state index is 0.0317. The van der Waals surface area contributed by atoms with Gasteiger partial charge in [-0.3, -0.25) is 4.79 Å². The third-order valence-corrected chi connectivity index (χ3v) is 3.85. The van der Waals surface area contributed by atoms with Crippen LogP contribution in [0.1, 0.15) is 30.7 Å². The number of carbonyl (C=O) groups is 1. The number of nitrogens with one attached hydrogen (secondary N) is 1. The normalized spacial score (nSPS) is 10.8. The lowest BCUT2D eigenvalue weighted by Gasteiger charge is -2.03. The first-order valence-electron chi connectivity index (χ1n) is 6.80. The smallest absolute Gasteiger partial charge is 0.226 e. The Bertz CT molecular complexity index is 599. The summed E-state index contributed by atoms with van der Waals surface area (Å²) in [6.45, 7) is 8.16. The maximum Gasteiger partial charge on any atom is 0.226 e. The van der Waals surface area contributed by atoms with Gasteiger partial charge in [-0.15, -0.1) is 11.3 Å². The Balaban J connectivity index is 2.17. The van der Waals surface area contributed by atoms with Crippen molar-refractivity contribution in [1.82, 2.24) is 4.98 Å². The van der Waals surface area contributed by atoms with E-state index in [1.807, 2.05) is 20.8 Å². The predicted octanol–water partition coefficient (Wildman–Crippen LogP) is 4.41. The zero-order chi connectivity index (χ0) is 14.7. The fourth-order valence-electron chi connectivity index (χ4n) is 1.97. The summed E-state index contributed by atoms with van der Waals surface area (Å²) in [7, 11) is 0. The van der Waals surface area contributed by atoms with Crippen molar-refractivity contribution in [2.24, 2.45) is 5.92 Å². The minimum atomic E-state index is 0.0317. The first kappa shape index (κ1) is 14.7. The first-order valence-corrected chi connectivity index (χ1v) is 7.61. The average Bonchev–Trinajstić information content (AvgIpc) is 2.70. The number of thiazole rings is 1. The Labute approximate surface area is 124 Å². The van der Waals surface area contributed by atoms with Crippen molar-refractivity contribution < 1.29 is 4.79 Å². The van der Waals surface area contributed by atoms with Crippen molar-refractivity contribution in [3.8, 4) is 11.3 Å². The number of anilines is 1. The standard InChI is InChI=1S/C16H20N2OS/c1-10(2)9-14(19)17-16-18-15(12(4)20-16)13-7-5-11(3)6-8-13/h5-8,10H,9H2,1-4H3,(H,17,18,19). The van der Waals surface area contributed by atoms with Gasteiger partial charge in [-0.1, -0.05) is 43.7 Å². The summed E-state index contributed by atoms with van der Waals surface area (Å²) in [5.41, 5.74) is 3.27. The average molecular weight is 288 g/mol. The van der Waals surface area contributed by atoms with E-state index in [9.17, 15) is 4.79 Å². The van der Waals surface area contributed by atoms with Crippen LogP contribution in [-0.2, 0) is 4.79 Å². The summed E-state index contributed by atoms with van der Waals surface area (Å²) in [5, 5.41) is 3.57. The summed E-state index contributed by atoms with van der Waals surface area (Å²) in [5.74, 6) is 0.386. The zero-order valence-corrected chi connectivity index (χ0v) is 13.2. The third-order valence-electron chi connectivity index (χ3n) is 2.96. The van der Waals surface area contributed by atoms with Crippen molar-refractivity contribution in [2.75, 3.05) is 5.32 Å². The number of hydrogen-bond acceptors (Lipinski definition) is 3. The molecule has 106 valence electrons. The summed E-state index contributed by atoms with van der Waals surface area (Å²) in [6.07, 6.45) is 0.526. The van der Waals surface area contributed by atoms with Crippen molar-refractivity contribution >= 4 is 22.4 Å². The van der Waals surface area contributed by atoms with Crippen molar-refractivity contribution in [3.05, 3.63) is 34.7 Å². The molecule has 4 heteroatoms. The van der Waals surface area contributed by atoms with Crippen LogP contribution in [0.3, 0.4) is 0 Å². The van der Waals surface area contributed by atoms with Gasteiger partial charge in [0, 0.05) is 16.9 Å². The van der Waals surface area contributed by atoms with Gasteiger partial charge in [0.25, 0.3) is 0 Å². The number of amides is 1. The number of aryl methyl sites for hydroxylation is 2. The molecule has 20 heavy (non-hydrogen) atoms. The van der Waals surface area contributed by atoms with Crippen molar-refractivity contribution in [1.29, 1.82) is 0 Å². The Hall–Kier alpha value is -1.68. The molecule has 3 nitrogen and oxygen atoms in total. The highest BCUT2D eigenvalue weighted by atomic mass is 32.1. The van der Waals surface area contributed by atoms with E-state index in [2.05, 4.69) is 41.5 Å². The SMILES string of the molecule is Cc1ccc(-c2nc(NC(=O)CC(C)C)sc2C)cc1. The Morgan fingerprint density at radius 1 is 1.25 bits per heavy atom. The van der Waals surface area contributed by atoms with Crippen LogP contribution in [0.4, 0.5) is 5.13 Å². The van der Waals surface area contributed by atoms with E-state index in [4.69, 9.17) is 0 Å². The molecule has 0 radical (unpaired) electrons. The molecule has 1 amide bonds. The molecule has 0 aliphatic rings. The predicted molar refractivity (Wildman–Crippen MR) is 85.1 cm³/mol. The number of nitrogens with zero attached hydrogens (tertiary/aromatic N) is 1. The Morgan fingerprint density at radius 2 is 1.90 bits per heavy atom. The molecule has 1 aromatic carbocycles. The number of aromatic nitrogens is 1. The molecule has 1 N–H and O–H groups in total. The van der Waals surface area contributed by atoms with Crippen LogP contribution in [-0.4, -0.2) is 10.9 Å². The number of benzene rings is 1. The lowest BCUT2D eigenvalue weighted by molar-refractivity contribution is -0.116. The van der Waals surface area contributed by atoms with E-state index in [0.29, 0.717) is 17.5 Å². The molecule has 0 spiro atoms. The first-order chi connectivity index (χ1) is 9.45. The number of hydrogen-bond donors (Lipinski definition) is 1. The van der Waals surface area contributed by atoms with Gasteiger partial charge in [0.05, 0.1) is 5.69 Å². The molecule has 0 aliphatic carbocycles. The molecule has 0 unspecified atom stereocenters. The molecule has 0 saturated carbocycles. The minimum Gasteiger partial charge on any atom is -0.302 e. The topological polar surface area (TPSA) is 42.0 Å². The van der Waals surface area contributed by atoms with E-state index in [0.717, 1.165) is 16.1 Å². The quantitative estimate of drug-likeness (QED) is 0.905. The summed E-state index contributed by atoms with van der Waals surface area (Å²) >= 11 is 1.53. The van der Waals surface area contributed by atoms with Crippen molar-refractivity contribution in [3.63, 3.8) is 0 Å². The highest BCUT2D eigenvalue weighted by Crippen LogP contribution is 2.30. The van der Waals surface area contributed by atoms with Crippen LogP contribution in [0, 0.1) is 19.8 Å². The van der Waals surface area contributed by atoms with Crippen LogP contribution in [0.2, 0.25) is 0 Å². The van der Waals surface area contributed by atoms with Crippen LogP contribution in [0.15, 0.2) is 24.3 Å². The third kappa shape index (κ3) is 3.67. The second kappa shape index (κ2) is 6.18. The van der Waals surface area contributed by atoms with E-state index in [1.165, 1.54) is 16.9 Å². The molecule has 2 aromatic rings. The summed E-state index contributed by atoms with van der Waals surface area (Å²) in [4.78, 5) is 17.4. The van der Waals surface area contributed by atoms with E-state index in [1.54, 1.807) is 0 Å². The molecular weight excluding hydrogens is 268 g/mol. The number of carbonyl (C=O) groups excluding carboxylic acids is 1. The van der Waals surface area contributed by atoms with E-state index >= 15 is 0 Å². The summed E-state index contributed by atoms with van der Waals surface area (Å²) < 4.78 is 0. The molecule has 0 saturated heterocycles. The van der Waals surface area contributed by atoms with Gasteiger partial charge < -0.3 is 5.32 Å². The lowest BCUT2D eigenvalue weighted by Crippen LogP contribution is -2.13. The van der Waals surface area contributed by atoms with Crippen molar-refractivity contribution in [2.45, 2.75) is 34.1 Å². The highest BCUT2D eigenvalue weighted by Gasteiger charge is 2.12. The molecule has 0 aliphatic heterocycles. The van der Waals surface area contributed by atoms with Gasteiger partial charge in [-0.05, 0) is 19.8 Å². The fourth-order valence-corrected chi connectivity index (χ4v) is 2.82. The molecule has 2 rings (SSSR count). The zero-order valence-electron chi connectivity index (χ0n) is 12.4. The molecule has 0 fully saturated rings. The monoisotopic (exact) mass is 288 g/mol. The van der Waals surface area contributed by atoms with E-state index in [-0.39, 0.29) is 5.91 Å². The second-order valence-electron chi connectivity index (χ2n) is 5.44. The van der Waals surface area contributed by atoms with Crippen LogP contribution >= 0.6 is 11.3 Å². The van der Waals surface area contributed by atoms with E-state index < -0.39 is 0 Å². The van der Waals surface area contributed by atoms with Crippen LogP contribution in [0.5, 0.6) is 0 Å². The molecule has 1 heterocycles. The fraction of sp³-hybridized carbons (Fsp3) is 0.375. The molecule has 0 bridgehead atoms. The van der Waals surface area contributed by atoms with Crippen LogP contribution < -0.4 is 5.32 Å². The maximum atomic E-state index is 11.8. The molecular formula is C16H20N2OS. The second-order valence-corrected chi connectivity index (χ2v) is 6.64. The lowest BCUT2D eigenvalue weighted by atomic mass is 10.1. The van der Waals surface area contributed by atoms with Gasteiger partial charge in [0.1, 0.15) is 0 Å². The largest absolute Gasteiger partial charge is 0.302 e. The molecule has 1 aromatic heterocycles. The highest BCUT2D eigenvalue weighted by molar-refractivity contribution is 7.16. The van der Waals surface area contributed by atoms with Gasteiger partial charge in [-0.2, -0.15) is 0 Å². The Kier molecular flexibility index (Phi) is 4.55. The van der Waals surface area contributed by atoms with Gasteiger partial charge in [-0.25, -0.2) is 4.98 Å². The van der Waals surface area contributed by atoms with Gasteiger partial charge in [0.2, 0.25) is 5.91 Å². The van der Waals surface area contributed by atoms with Gasteiger partial charge in [0.15, 0.2) is 5.13 Å². The molecule has 0 atom stereocenters. The maximum absolute atomic E-state index is 11.8.